The summed E-state index contributed by atoms with van der Waals surface area (Å²) in [7, 11) is 0. The zero-order valence-corrected chi connectivity index (χ0v) is 21.1. The Morgan fingerprint density at radius 2 is 1.81 bits per heavy atom. The second-order valence-corrected chi connectivity index (χ2v) is 9.53. The molecule has 0 amide bonds. The summed E-state index contributed by atoms with van der Waals surface area (Å²) in [5, 5.41) is 9.27. The number of aliphatic carboxylic acids is 1. The molecule has 36 heavy (non-hydrogen) atoms. The van der Waals surface area contributed by atoms with Gasteiger partial charge in [0.15, 0.2) is 0 Å². The van der Waals surface area contributed by atoms with Crippen LogP contribution >= 0.6 is 0 Å². The quantitative estimate of drug-likeness (QED) is 0.349. The van der Waals surface area contributed by atoms with Crippen LogP contribution in [0.15, 0.2) is 54.6 Å². The van der Waals surface area contributed by atoms with Crippen molar-refractivity contribution in [2.75, 3.05) is 19.8 Å². The van der Waals surface area contributed by atoms with E-state index in [9.17, 15) is 9.90 Å². The first-order valence-electron chi connectivity index (χ1n) is 12.5. The standard InChI is InChI=1S/C30H32O6/c1-5-33-11-12-34-23-13-17(2)26(18(3)14-23)21-8-6-7-20(15-21)19(4)35-22-9-10-24-25(16-22)36-29-27(24)28(29)30(31)32/h6-10,13-16,19,27-29H,5,11-12H2,1-4H3,(H,31,32)/t19?,27-,28-,29-/m1/s1. The summed E-state index contributed by atoms with van der Waals surface area (Å²) in [6.07, 6.45) is -0.415. The van der Waals surface area contributed by atoms with E-state index in [1.165, 1.54) is 5.56 Å². The second kappa shape index (κ2) is 9.86. The molecule has 1 saturated carbocycles. The third-order valence-corrected chi connectivity index (χ3v) is 7.01. The molecular formula is C30H32O6. The van der Waals surface area contributed by atoms with Gasteiger partial charge in [-0.1, -0.05) is 24.3 Å². The van der Waals surface area contributed by atoms with Crippen LogP contribution in [0.25, 0.3) is 11.1 Å². The number of carboxylic acid groups (broad SMARTS) is 1. The smallest absolute Gasteiger partial charge is 0.311 e. The SMILES string of the molecule is CCOCCOc1cc(C)c(-c2cccc(C(C)Oc3ccc4c(c3)O[C@H]3[C@H](C(=O)O)[C@@H]43)c2)c(C)c1. The minimum absolute atomic E-state index is 0.0337. The Labute approximate surface area is 211 Å². The molecule has 0 bridgehead atoms. The number of fused-ring (bicyclic) bond motifs is 3. The first kappa shape index (κ1) is 24.2. The lowest BCUT2D eigenvalue weighted by molar-refractivity contribution is -0.139. The van der Waals surface area contributed by atoms with Gasteiger partial charge in [-0.2, -0.15) is 0 Å². The fourth-order valence-electron chi connectivity index (χ4n) is 5.25. The first-order valence-corrected chi connectivity index (χ1v) is 12.5. The van der Waals surface area contributed by atoms with Crippen LogP contribution in [0.2, 0.25) is 0 Å². The highest BCUT2D eigenvalue weighted by atomic mass is 16.5. The van der Waals surface area contributed by atoms with Crippen molar-refractivity contribution in [3.05, 3.63) is 76.9 Å². The van der Waals surface area contributed by atoms with Gasteiger partial charge in [0.1, 0.15) is 42.0 Å². The van der Waals surface area contributed by atoms with Gasteiger partial charge in [-0.05, 0) is 79.8 Å². The Bertz CT molecular complexity index is 1260. The van der Waals surface area contributed by atoms with Crippen LogP contribution in [0.1, 0.15) is 48.1 Å². The van der Waals surface area contributed by atoms with E-state index in [1.807, 2.05) is 32.0 Å². The molecule has 0 radical (unpaired) electrons. The van der Waals surface area contributed by atoms with Crippen LogP contribution in [0, 0.1) is 19.8 Å². The van der Waals surface area contributed by atoms with Crippen molar-refractivity contribution < 1.29 is 28.8 Å². The lowest BCUT2D eigenvalue weighted by Gasteiger charge is -2.19. The fraction of sp³-hybridized carbons (Fsp3) is 0.367. The predicted molar refractivity (Wildman–Crippen MR) is 137 cm³/mol. The van der Waals surface area contributed by atoms with Gasteiger partial charge < -0.3 is 24.1 Å². The zero-order valence-electron chi connectivity index (χ0n) is 21.1. The van der Waals surface area contributed by atoms with Gasteiger partial charge in [0.2, 0.25) is 0 Å². The molecule has 188 valence electrons. The van der Waals surface area contributed by atoms with Crippen molar-refractivity contribution in [1.29, 1.82) is 0 Å². The van der Waals surface area contributed by atoms with Crippen LogP contribution in [0.5, 0.6) is 17.2 Å². The Hall–Kier alpha value is -3.51. The summed E-state index contributed by atoms with van der Waals surface area (Å²) in [4.78, 5) is 11.3. The highest BCUT2D eigenvalue weighted by Gasteiger charge is 2.63. The normalized spacial score (nSPS) is 20.2. The van der Waals surface area contributed by atoms with Crippen molar-refractivity contribution >= 4 is 5.97 Å². The monoisotopic (exact) mass is 488 g/mol. The molecular weight excluding hydrogens is 456 g/mol. The molecule has 0 saturated heterocycles. The summed E-state index contributed by atoms with van der Waals surface area (Å²) >= 11 is 0. The minimum Gasteiger partial charge on any atom is -0.491 e. The van der Waals surface area contributed by atoms with E-state index in [1.54, 1.807) is 0 Å². The third-order valence-electron chi connectivity index (χ3n) is 7.01. The maximum absolute atomic E-state index is 11.3. The maximum atomic E-state index is 11.3. The van der Waals surface area contributed by atoms with E-state index in [-0.39, 0.29) is 18.1 Å². The average Bonchev–Trinajstić information content (AvgIpc) is 3.44. The number of ether oxygens (including phenoxy) is 4. The molecule has 2 aliphatic rings. The molecule has 1 heterocycles. The topological polar surface area (TPSA) is 74.2 Å². The molecule has 1 unspecified atom stereocenters. The molecule has 3 aromatic rings. The van der Waals surface area contributed by atoms with E-state index in [0.717, 1.165) is 39.3 Å². The van der Waals surface area contributed by atoms with Crippen LogP contribution in [-0.4, -0.2) is 37.0 Å². The van der Waals surface area contributed by atoms with Gasteiger partial charge in [0.25, 0.3) is 0 Å². The summed E-state index contributed by atoms with van der Waals surface area (Å²) in [5.41, 5.74) is 6.67. The van der Waals surface area contributed by atoms with Crippen molar-refractivity contribution in [2.24, 2.45) is 5.92 Å². The first-order chi connectivity index (χ1) is 17.4. The summed E-state index contributed by atoms with van der Waals surface area (Å²) < 4.78 is 23.3. The number of hydrogen-bond acceptors (Lipinski definition) is 5. The Morgan fingerprint density at radius 1 is 1.03 bits per heavy atom. The summed E-state index contributed by atoms with van der Waals surface area (Å²) in [6, 6.07) is 18.3. The lowest BCUT2D eigenvalue weighted by Crippen LogP contribution is -2.09. The predicted octanol–water partition coefficient (Wildman–Crippen LogP) is 6.08. The largest absolute Gasteiger partial charge is 0.491 e. The van der Waals surface area contributed by atoms with Crippen molar-refractivity contribution in [2.45, 2.75) is 45.8 Å². The van der Waals surface area contributed by atoms with Crippen LogP contribution in [-0.2, 0) is 9.53 Å². The van der Waals surface area contributed by atoms with Gasteiger partial charge >= 0.3 is 5.97 Å². The molecule has 4 atom stereocenters. The number of benzene rings is 3. The molecule has 0 spiro atoms. The van der Waals surface area contributed by atoms with Crippen LogP contribution in [0.4, 0.5) is 0 Å². The Morgan fingerprint density at radius 3 is 2.53 bits per heavy atom. The van der Waals surface area contributed by atoms with E-state index >= 15 is 0 Å². The van der Waals surface area contributed by atoms with Crippen molar-refractivity contribution in [3.63, 3.8) is 0 Å². The summed E-state index contributed by atoms with van der Waals surface area (Å²) in [5.74, 6) is 1.05. The van der Waals surface area contributed by atoms with E-state index in [0.29, 0.717) is 25.6 Å². The molecule has 3 aromatic carbocycles. The molecule has 1 N–H and O–H groups in total. The maximum Gasteiger partial charge on any atom is 0.311 e. The number of carbonyl (C=O) groups is 1. The number of aryl methyl sites for hydroxylation is 2. The van der Waals surface area contributed by atoms with Gasteiger partial charge in [-0.15, -0.1) is 0 Å². The zero-order chi connectivity index (χ0) is 25.4. The molecule has 6 nitrogen and oxygen atoms in total. The number of carboxylic acids is 1. The van der Waals surface area contributed by atoms with Crippen molar-refractivity contribution in [3.8, 4) is 28.4 Å². The molecule has 5 rings (SSSR count). The lowest BCUT2D eigenvalue weighted by atomic mass is 9.93. The number of rotatable bonds is 10. The Kier molecular flexibility index (Phi) is 6.63. The fourth-order valence-corrected chi connectivity index (χ4v) is 5.25. The number of hydrogen-bond donors (Lipinski definition) is 1. The van der Waals surface area contributed by atoms with Gasteiger partial charge in [0, 0.05) is 24.2 Å². The molecule has 1 aliphatic heterocycles. The van der Waals surface area contributed by atoms with Crippen LogP contribution in [0.3, 0.4) is 0 Å². The Balaban J connectivity index is 1.29. The summed E-state index contributed by atoms with van der Waals surface area (Å²) in [6.45, 7) is 10.0. The van der Waals surface area contributed by atoms with Crippen molar-refractivity contribution in [1.82, 2.24) is 0 Å². The molecule has 6 heteroatoms. The third kappa shape index (κ3) is 4.65. The molecule has 1 aliphatic carbocycles. The average molecular weight is 489 g/mol. The van der Waals surface area contributed by atoms with E-state index in [4.69, 9.17) is 18.9 Å². The molecule has 0 aromatic heterocycles. The minimum atomic E-state index is -0.793. The highest BCUT2D eigenvalue weighted by molar-refractivity contribution is 5.79. The second-order valence-electron chi connectivity index (χ2n) is 9.53. The van der Waals surface area contributed by atoms with Gasteiger partial charge in [-0.3, -0.25) is 4.79 Å². The highest BCUT2D eigenvalue weighted by Crippen LogP contribution is 2.58. The van der Waals surface area contributed by atoms with Gasteiger partial charge in [-0.25, -0.2) is 0 Å². The van der Waals surface area contributed by atoms with Gasteiger partial charge in [0.05, 0.1) is 6.61 Å². The molecule has 1 fully saturated rings. The van der Waals surface area contributed by atoms with E-state index in [2.05, 4.69) is 50.2 Å². The van der Waals surface area contributed by atoms with E-state index < -0.39 is 11.9 Å². The van der Waals surface area contributed by atoms with Crippen LogP contribution < -0.4 is 14.2 Å².